The van der Waals surface area contributed by atoms with Gasteiger partial charge < -0.3 is 4.90 Å². The molecule has 0 fully saturated rings. The zero-order valence-electron chi connectivity index (χ0n) is 21.8. The number of allylic oxidation sites excluding steroid dienone is 4. The topological polar surface area (TPSA) is 7.12 Å². The summed E-state index contributed by atoms with van der Waals surface area (Å²) in [6, 6.07) is 17.4. The molecule has 0 N–H and O–H groups in total. The first-order chi connectivity index (χ1) is 17.5. The van der Waals surface area contributed by atoms with Crippen molar-refractivity contribution in [1.29, 1.82) is 0 Å². The summed E-state index contributed by atoms with van der Waals surface area (Å²) in [6.07, 6.45) is 10.9. The third kappa shape index (κ3) is 5.33. The predicted molar refractivity (Wildman–Crippen MR) is 156 cm³/mol. The second kappa shape index (κ2) is 10.7. The minimum absolute atomic E-state index is 0.260. The van der Waals surface area contributed by atoms with E-state index in [4.69, 9.17) is 0 Å². The van der Waals surface area contributed by atoms with E-state index >= 15 is 0 Å². The molecule has 36 heavy (non-hydrogen) atoms. The monoisotopic (exact) mass is 511 g/mol. The van der Waals surface area contributed by atoms with Crippen LogP contribution in [-0.2, 0) is 13.0 Å². The van der Waals surface area contributed by atoms with Gasteiger partial charge in [-0.1, -0.05) is 78.6 Å². The molecule has 1 aliphatic carbocycles. The molecule has 2 nitrogen and oxygen atoms in total. The fourth-order valence-corrected chi connectivity index (χ4v) is 7.65. The Hall–Kier alpha value is -2.74. The number of aryl methyl sites for hydroxylation is 1. The lowest BCUT2D eigenvalue weighted by Gasteiger charge is -2.30. The highest BCUT2D eigenvalue weighted by atomic mass is 32.2. The maximum atomic E-state index is 3.67. The molecular formula is C32H35N2S2+. The molecule has 0 saturated heterocycles. The van der Waals surface area contributed by atoms with Crippen molar-refractivity contribution >= 4 is 39.0 Å². The molecule has 3 aromatic rings. The Morgan fingerprint density at radius 2 is 1.75 bits per heavy atom. The molecule has 0 unspecified atom stereocenters. The summed E-state index contributed by atoms with van der Waals surface area (Å²) in [6.45, 7) is 11.2. The van der Waals surface area contributed by atoms with Crippen LogP contribution >= 0.6 is 23.1 Å². The van der Waals surface area contributed by atoms with E-state index in [2.05, 4.69) is 115 Å². The molecule has 1 aromatic heterocycles. The zero-order valence-corrected chi connectivity index (χ0v) is 23.4. The van der Waals surface area contributed by atoms with E-state index in [1.54, 1.807) is 0 Å². The van der Waals surface area contributed by atoms with E-state index in [1.807, 2.05) is 23.1 Å². The number of hydrogen-bond acceptors (Lipinski definition) is 3. The molecule has 184 valence electrons. The molecule has 2 aromatic carbocycles. The van der Waals surface area contributed by atoms with E-state index < -0.39 is 0 Å². The minimum Gasteiger partial charge on any atom is -0.329 e. The van der Waals surface area contributed by atoms with Crippen LogP contribution in [-0.4, -0.2) is 6.54 Å². The van der Waals surface area contributed by atoms with Crippen molar-refractivity contribution in [1.82, 2.24) is 0 Å². The van der Waals surface area contributed by atoms with Crippen LogP contribution in [0, 0.1) is 5.41 Å². The largest absolute Gasteiger partial charge is 0.329 e. The van der Waals surface area contributed by atoms with Gasteiger partial charge in [-0.25, -0.2) is 0 Å². The molecule has 4 heteroatoms. The second-order valence-electron chi connectivity index (χ2n) is 10.3. The Kier molecular flexibility index (Phi) is 7.42. The summed E-state index contributed by atoms with van der Waals surface area (Å²) in [5, 5.41) is 2.61. The summed E-state index contributed by atoms with van der Waals surface area (Å²) in [5.74, 6) is 0. The van der Waals surface area contributed by atoms with Crippen LogP contribution in [0.5, 0.6) is 0 Å². The quantitative estimate of drug-likeness (QED) is 0.242. The number of para-hydroxylation sites is 2. The maximum absolute atomic E-state index is 3.67. The van der Waals surface area contributed by atoms with Crippen LogP contribution in [0.2, 0.25) is 0 Å². The molecule has 0 saturated carbocycles. The second-order valence-corrected chi connectivity index (χ2v) is 12.4. The number of thiazole rings is 1. The van der Waals surface area contributed by atoms with Crippen LogP contribution in [0.25, 0.3) is 10.2 Å². The van der Waals surface area contributed by atoms with Gasteiger partial charge in [-0.2, -0.15) is 4.57 Å². The SMILES string of the molecule is CCN1C(=C=CCC2=CC(=C=CCc3sc4ccccc4[n+]3CC)CC(C)(C)C2)Sc2ccccc21. The molecule has 5 rings (SSSR count). The van der Waals surface area contributed by atoms with Gasteiger partial charge in [0.05, 0.1) is 12.1 Å². The molecule has 0 amide bonds. The lowest BCUT2D eigenvalue weighted by molar-refractivity contribution is -0.670. The Labute approximate surface area is 224 Å². The van der Waals surface area contributed by atoms with Gasteiger partial charge in [-0.05, 0) is 74.4 Å². The Balaban J connectivity index is 1.35. The van der Waals surface area contributed by atoms with Crippen LogP contribution in [0.4, 0.5) is 5.69 Å². The van der Waals surface area contributed by atoms with Gasteiger partial charge in [0, 0.05) is 17.5 Å². The molecule has 0 radical (unpaired) electrons. The van der Waals surface area contributed by atoms with Crippen LogP contribution in [0.15, 0.2) is 99.3 Å². The summed E-state index contributed by atoms with van der Waals surface area (Å²) in [7, 11) is 0. The van der Waals surface area contributed by atoms with Crippen molar-refractivity contribution in [2.45, 2.75) is 64.8 Å². The molecule has 0 atom stereocenters. The molecule has 2 aliphatic rings. The highest BCUT2D eigenvalue weighted by molar-refractivity contribution is 8.03. The average molecular weight is 512 g/mol. The summed E-state index contributed by atoms with van der Waals surface area (Å²) < 4.78 is 3.80. The van der Waals surface area contributed by atoms with Crippen molar-refractivity contribution in [2.24, 2.45) is 5.41 Å². The normalized spacial score (nSPS) is 16.4. The van der Waals surface area contributed by atoms with Crippen LogP contribution in [0.3, 0.4) is 0 Å². The van der Waals surface area contributed by atoms with E-state index in [1.165, 1.54) is 42.0 Å². The predicted octanol–water partition coefficient (Wildman–Crippen LogP) is 8.60. The van der Waals surface area contributed by atoms with Crippen molar-refractivity contribution in [3.05, 3.63) is 99.4 Å². The summed E-state index contributed by atoms with van der Waals surface area (Å²) in [4.78, 5) is 3.69. The standard InChI is InChI=1S/C32H35N2S2/c1-5-33-26-15-7-9-17-28(26)35-30(33)19-11-13-24-21-25(23-32(3,4)22-24)14-12-20-31-34(6-2)27-16-8-10-18-29(27)36-31/h7-12,15-18,21H,5-6,13,20,22-23H2,1-4H3/q+1. The van der Waals surface area contributed by atoms with Crippen LogP contribution in [0.1, 0.15) is 52.0 Å². The number of fused-ring (bicyclic) bond motifs is 2. The molecule has 1 aliphatic heterocycles. The molecule has 2 heterocycles. The Morgan fingerprint density at radius 1 is 0.972 bits per heavy atom. The number of thioether (sulfide) groups is 1. The highest BCUT2D eigenvalue weighted by Gasteiger charge is 2.26. The fourth-order valence-electron chi connectivity index (χ4n) is 5.34. The highest BCUT2D eigenvalue weighted by Crippen LogP contribution is 2.45. The number of hydrogen-bond donors (Lipinski definition) is 0. The smallest absolute Gasteiger partial charge is 0.242 e. The zero-order chi connectivity index (χ0) is 25.1. The van der Waals surface area contributed by atoms with Gasteiger partial charge in [0.2, 0.25) is 10.5 Å². The number of rotatable bonds is 6. The first-order valence-corrected chi connectivity index (χ1v) is 14.6. The first-order valence-electron chi connectivity index (χ1n) is 13.0. The number of anilines is 1. The van der Waals surface area contributed by atoms with Crippen molar-refractivity contribution in [2.75, 3.05) is 11.4 Å². The minimum atomic E-state index is 0.260. The van der Waals surface area contributed by atoms with E-state index in [0.29, 0.717) is 0 Å². The third-order valence-electron chi connectivity index (χ3n) is 6.83. The van der Waals surface area contributed by atoms with Crippen molar-refractivity contribution < 1.29 is 4.57 Å². The Morgan fingerprint density at radius 3 is 2.58 bits per heavy atom. The third-order valence-corrected chi connectivity index (χ3v) is 9.12. The molecule has 0 spiro atoms. The van der Waals surface area contributed by atoms with Gasteiger partial charge in [0.15, 0.2) is 0 Å². The lowest BCUT2D eigenvalue weighted by atomic mass is 9.75. The maximum Gasteiger partial charge on any atom is 0.242 e. The van der Waals surface area contributed by atoms with Gasteiger partial charge >= 0.3 is 0 Å². The van der Waals surface area contributed by atoms with E-state index in [9.17, 15) is 0 Å². The summed E-state index contributed by atoms with van der Waals surface area (Å²) in [5.41, 5.74) is 13.0. The summed E-state index contributed by atoms with van der Waals surface area (Å²) >= 11 is 3.73. The number of nitrogens with zero attached hydrogens (tertiary/aromatic N) is 2. The first kappa shape index (κ1) is 24.9. The Bertz CT molecular complexity index is 1440. The number of benzene rings is 2. The van der Waals surface area contributed by atoms with Gasteiger partial charge in [0.25, 0.3) is 0 Å². The molecule has 0 bridgehead atoms. The molecular weight excluding hydrogens is 477 g/mol. The lowest BCUT2D eigenvalue weighted by Crippen LogP contribution is -2.34. The van der Waals surface area contributed by atoms with Gasteiger partial charge in [-0.3, -0.25) is 0 Å². The van der Waals surface area contributed by atoms with E-state index in [0.717, 1.165) is 38.8 Å². The van der Waals surface area contributed by atoms with Gasteiger partial charge in [0.1, 0.15) is 16.3 Å². The average Bonchev–Trinajstić information content (AvgIpc) is 3.40. The van der Waals surface area contributed by atoms with E-state index in [-0.39, 0.29) is 5.41 Å². The van der Waals surface area contributed by atoms with Gasteiger partial charge in [-0.15, -0.1) is 5.73 Å². The van der Waals surface area contributed by atoms with Crippen molar-refractivity contribution in [3.63, 3.8) is 0 Å². The van der Waals surface area contributed by atoms with Crippen LogP contribution < -0.4 is 9.47 Å². The number of aromatic nitrogens is 1. The fraction of sp³-hybridized carbons (Fsp3) is 0.344. The van der Waals surface area contributed by atoms with Crippen molar-refractivity contribution in [3.8, 4) is 0 Å².